The Morgan fingerprint density at radius 1 is 1.12 bits per heavy atom. The second-order valence-corrected chi connectivity index (χ2v) is 9.74. The lowest BCUT2D eigenvalue weighted by Crippen LogP contribution is -2.52. The number of carbonyl (C=O) groups is 1. The zero-order chi connectivity index (χ0) is 22.4. The fourth-order valence-electron chi connectivity index (χ4n) is 5.58. The van der Waals surface area contributed by atoms with E-state index in [0.29, 0.717) is 12.2 Å². The fraction of sp³-hybridized carbons (Fsp3) is 0.577. The molecule has 2 heterocycles. The number of carbonyl (C=O) groups excluding carboxylic acids is 1. The monoisotopic (exact) mass is 438 g/mol. The number of aromatic nitrogens is 2. The first kappa shape index (κ1) is 22.9. The van der Waals surface area contributed by atoms with Crippen molar-refractivity contribution in [1.29, 1.82) is 0 Å². The lowest BCUT2D eigenvalue weighted by Gasteiger charge is -2.39. The Kier molecular flexibility index (Phi) is 7.21. The minimum Gasteiger partial charge on any atom is -0.457 e. The van der Waals surface area contributed by atoms with Gasteiger partial charge in [-0.2, -0.15) is 0 Å². The molecule has 1 saturated carbocycles. The number of hydrogen-bond acceptors (Lipinski definition) is 5. The molecule has 0 spiro atoms. The summed E-state index contributed by atoms with van der Waals surface area (Å²) in [7, 11) is 2.24. The van der Waals surface area contributed by atoms with Crippen LogP contribution in [0.25, 0.3) is 0 Å². The van der Waals surface area contributed by atoms with Gasteiger partial charge in [-0.25, -0.2) is 4.79 Å². The van der Waals surface area contributed by atoms with Crippen molar-refractivity contribution in [1.82, 2.24) is 9.97 Å². The molecule has 0 amide bonds. The van der Waals surface area contributed by atoms with Crippen LogP contribution in [-0.2, 0) is 21.6 Å². The molecule has 0 bridgehead atoms. The lowest BCUT2D eigenvalue weighted by atomic mass is 9.73. The van der Waals surface area contributed by atoms with Gasteiger partial charge in [0.1, 0.15) is 12.6 Å². The number of likely N-dealkylation sites (N-methyl/N-ethyl adjacent to an activating group) is 1. The highest BCUT2D eigenvalue weighted by molar-refractivity contribution is 5.81. The molecule has 2 aliphatic rings. The van der Waals surface area contributed by atoms with Crippen molar-refractivity contribution in [2.24, 2.45) is 5.92 Å². The SMILES string of the molecule is C[N+]1(CCc2cnccn2)CCC[C@@H]1COC(=O)C(O)(c1ccccc1)C1CCCCC1. The molecule has 1 aliphatic heterocycles. The van der Waals surface area contributed by atoms with Gasteiger partial charge in [0.25, 0.3) is 0 Å². The van der Waals surface area contributed by atoms with Crippen LogP contribution in [0.3, 0.4) is 0 Å². The number of esters is 1. The van der Waals surface area contributed by atoms with Gasteiger partial charge in [-0.05, 0) is 18.4 Å². The van der Waals surface area contributed by atoms with Gasteiger partial charge in [0.05, 0.1) is 25.8 Å². The summed E-state index contributed by atoms with van der Waals surface area (Å²) >= 11 is 0. The van der Waals surface area contributed by atoms with Crippen molar-refractivity contribution in [2.45, 2.75) is 63.0 Å². The van der Waals surface area contributed by atoms with Gasteiger partial charge in [0.15, 0.2) is 5.60 Å². The van der Waals surface area contributed by atoms with E-state index in [4.69, 9.17) is 4.74 Å². The Hall–Kier alpha value is -2.31. The van der Waals surface area contributed by atoms with Crippen LogP contribution < -0.4 is 0 Å². The van der Waals surface area contributed by atoms with Gasteiger partial charge >= 0.3 is 5.97 Å². The Morgan fingerprint density at radius 3 is 2.62 bits per heavy atom. The molecule has 2 unspecified atom stereocenters. The number of benzene rings is 1. The van der Waals surface area contributed by atoms with Crippen LogP contribution in [0, 0.1) is 5.92 Å². The molecule has 1 saturated heterocycles. The number of ether oxygens (including phenoxy) is 1. The molecule has 6 nitrogen and oxygen atoms in total. The lowest BCUT2D eigenvalue weighted by molar-refractivity contribution is -0.921. The van der Waals surface area contributed by atoms with Crippen LogP contribution in [-0.4, -0.2) is 58.3 Å². The molecular weight excluding hydrogens is 402 g/mol. The van der Waals surface area contributed by atoms with Gasteiger partial charge in [-0.1, -0.05) is 49.6 Å². The maximum Gasteiger partial charge on any atom is 0.343 e. The Labute approximate surface area is 191 Å². The van der Waals surface area contributed by atoms with E-state index in [1.165, 1.54) is 6.42 Å². The number of aliphatic hydroxyl groups is 1. The summed E-state index contributed by atoms with van der Waals surface area (Å²) in [5.74, 6) is -0.574. The molecule has 1 aromatic carbocycles. The first-order valence-corrected chi connectivity index (χ1v) is 12.1. The third-order valence-corrected chi connectivity index (χ3v) is 7.71. The number of hydrogen-bond donors (Lipinski definition) is 1. The summed E-state index contributed by atoms with van der Waals surface area (Å²) in [4.78, 5) is 22.0. The zero-order valence-corrected chi connectivity index (χ0v) is 19.2. The van der Waals surface area contributed by atoms with E-state index < -0.39 is 11.6 Å². The van der Waals surface area contributed by atoms with Crippen LogP contribution in [0.5, 0.6) is 0 Å². The van der Waals surface area contributed by atoms with Crippen LogP contribution in [0.2, 0.25) is 0 Å². The topological polar surface area (TPSA) is 72.3 Å². The van der Waals surface area contributed by atoms with Crippen LogP contribution in [0.1, 0.15) is 56.2 Å². The van der Waals surface area contributed by atoms with Gasteiger partial charge in [0.2, 0.25) is 0 Å². The third-order valence-electron chi connectivity index (χ3n) is 7.71. The Morgan fingerprint density at radius 2 is 1.91 bits per heavy atom. The molecule has 1 N–H and O–H groups in total. The molecule has 1 aromatic heterocycles. The molecular formula is C26H36N3O3+. The van der Waals surface area contributed by atoms with Crippen molar-refractivity contribution in [2.75, 3.05) is 26.7 Å². The number of quaternary nitrogens is 1. The maximum atomic E-state index is 13.4. The predicted molar refractivity (Wildman–Crippen MR) is 123 cm³/mol. The highest BCUT2D eigenvalue weighted by atomic mass is 16.6. The summed E-state index contributed by atoms with van der Waals surface area (Å²) < 4.78 is 6.77. The third kappa shape index (κ3) is 4.86. The molecule has 0 radical (unpaired) electrons. The molecule has 2 fully saturated rings. The highest BCUT2D eigenvalue weighted by Crippen LogP contribution is 2.40. The van der Waals surface area contributed by atoms with Crippen LogP contribution in [0.4, 0.5) is 0 Å². The van der Waals surface area contributed by atoms with Crippen LogP contribution >= 0.6 is 0 Å². The van der Waals surface area contributed by atoms with E-state index in [1.54, 1.807) is 12.4 Å². The quantitative estimate of drug-likeness (QED) is 0.503. The molecule has 32 heavy (non-hydrogen) atoms. The van der Waals surface area contributed by atoms with E-state index in [0.717, 1.165) is 68.2 Å². The maximum absolute atomic E-state index is 13.4. The molecule has 4 rings (SSSR count). The molecule has 3 atom stereocenters. The second-order valence-electron chi connectivity index (χ2n) is 9.74. The second kappa shape index (κ2) is 10.1. The molecule has 2 aromatic rings. The molecule has 172 valence electrons. The minimum atomic E-state index is -1.57. The van der Waals surface area contributed by atoms with E-state index >= 15 is 0 Å². The Bertz CT molecular complexity index is 872. The number of rotatable bonds is 8. The molecule has 6 heteroatoms. The average Bonchev–Trinajstić information content (AvgIpc) is 3.23. The number of likely N-dealkylation sites (tertiary alicyclic amines) is 1. The van der Waals surface area contributed by atoms with Crippen molar-refractivity contribution >= 4 is 5.97 Å². The van der Waals surface area contributed by atoms with Crippen molar-refractivity contribution in [3.05, 3.63) is 60.2 Å². The number of nitrogens with zero attached hydrogens (tertiary/aromatic N) is 3. The first-order chi connectivity index (χ1) is 15.5. The van der Waals surface area contributed by atoms with Crippen LogP contribution in [0.15, 0.2) is 48.9 Å². The van der Waals surface area contributed by atoms with Gasteiger partial charge in [-0.3, -0.25) is 9.97 Å². The summed E-state index contributed by atoms with van der Waals surface area (Å²) in [6, 6.07) is 9.62. The summed E-state index contributed by atoms with van der Waals surface area (Å²) in [6.45, 7) is 2.35. The smallest absolute Gasteiger partial charge is 0.343 e. The fourth-order valence-corrected chi connectivity index (χ4v) is 5.58. The van der Waals surface area contributed by atoms with Crippen molar-refractivity contribution < 1.29 is 19.1 Å². The van der Waals surface area contributed by atoms with Crippen molar-refractivity contribution in [3.8, 4) is 0 Å². The van der Waals surface area contributed by atoms with Gasteiger partial charge in [0, 0.05) is 43.8 Å². The average molecular weight is 439 g/mol. The summed E-state index contributed by atoms with van der Waals surface area (Å²) in [6.07, 6.45) is 13.2. The zero-order valence-electron chi connectivity index (χ0n) is 19.2. The largest absolute Gasteiger partial charge is 0.457 e. The summed E-state index contributed by atoms with van der Waals surface area (Å²) in [5, 5.41) is 11.7. The highest BCUT2D eigenvalue weighted by Gasteiger charge is 2.48. The van der Waals surface area contributed by atoms with E-state index in [9.17, 15) is 9.90 Å². The van der Waals surface area contributed by atoms with E-state index in [-0.39, 0.29) is 12.0 Å². The van der Waals surface area contributed by atoms with Gasteiger partial charge < -0.3 is 14.3 Å². The van der Waals surface area contributed by atoms with E-state index in [1.807, 2.05) is 36.5 Å². The van der Waals surface area contributed by atoms with E-state index in [2.05, 4.69) is 17.0 Å². The predicted octanol–water partition coefficient (Wildman–Crippen LogP) is 3.64. The first-order valence-electron chi connectivity index (χ1n) is 12.1. The van der Waals surface area contributed by atoms with Crippen molar-refractivity contribution in [3.63, 3.8) is 0 Å². The normalized spacial score (nSPS) is 25.9. The Balaban J connectivity index is 1.44. The minimum absolute atomic E-state index is 0.0905. The summed E-state index contributed by atoms with van der Waals surface area (Å²) in [5.41, 5.74) is 0.0806. The standard InChI is InChI=1S/C26H36N3O3/c1-29(18-14-23-19-27-15-16-28-23)17-8-13-24(29)20-32-25(30)26(31,21-9-4-2-5-10-21)22-11-6-3-7-12-22/h2,4-5,9-10,15-16,19,22,24,31H,3,6-8,11-14,17-18,20H2,1H3/q+1/t24-,26?,29?/m1/s1. The van der Waals surface area contributed by atoms with Gasteiger partial charge in [-0.15, -0.1) is 0 Å². The molecule has 1 aliphatic carbocycles.